The van der Waals surface area contributed by atoms with E-state index in [1.54, 1.807) is 0 Å². The summed E-state index contributed by atoms with van der Waals surface area (Å²) in [5, 5.41) is 0. The third kappa shape index (κ3) is 2.76. The molecule has 1 fully saturated rings. The molecule has 0 spiro atoms. The van der Waals surface area contributed by atoms with Crippen molar-refractivity contribution in [2.24, 2.45) is 0 Å². The predicted molar refractivity (Wildman–Crippen MR) is 78.9 cm³/mol. The SMILES string of the molecule is CC(C)(C)c1nc(N2CCCCC2)nc(N)c1Br. The highest BCUT2D eigenvalue weighted by Gasteiger charge is 2.24. The van der Waals surface area contributed by atoms with Crippen molar-refractivity contribution in [3.05, 3.63) is 10.2 Å². The zero-order valence-corrected chi connectivity index (χ0v) is 12.9. The summed E-state index contributed by atoms with van der Waals surface area (Å²) in [5.41, 5.74) is 6.94. The first-order chi connectivity index (χ1) is 8.39. The van der Waals surface area contributed by atoms with E-state index in [1.165, 1.54) is 19.3 Å². The average molecular weight is 313 g/mol. The third-order valence-electron chi connectivity index (χ3n) is 3.21. The number of hydrogen-bond donors (Lipinski definition) is 1. The summed E-state index contributed by atoms with van der Waals surface area (Å²) < 4.78 is 0.829. The van der Waals surface area contributed by atoms with Gasteiger partial charge in [-0.1, -0.05) is 20.8 Å². The van der Waals surface area contributed by atoms with Crippen molar-refractivity contribution in [2.75, 3.05) is 23.7 Å². The molecule has 1 aromatic heterocycles. The Labute approximate surface area is 117 Å². The van der Waals surface area contributed by atoms with Gasteiger partial charge >= 0.3 is 0 Å². The van der Waals surface area contributed by atoms with Crippen molar-refractivity contribution in [3.63, 3.8) is 0 Å². The fraction of sp³-hybridized carbons (Fsp3) is 0.692. The van der Waals surface area contributed by atoms with Gasteiger partial charge in [-0.3, -0.25) is 0 Å². The fourth-order valence-electron chi connectivity index (χ4n) is 2.18. The predicted octanol–water partition coefficient (Wildman–Crippen LogP) is 3.11. The Bertz CT molecular complexity index is 433. The van der Waals surface area contributed by atoms with Crippen molar-refractivity contribution in [3.8, 4) is 0 Å². The Balaban J connectivity index is 2.40. The summed E-state index contributed by atoms with van der Waals surface area (Å²) >= 11 is 3.51. The molecule has 2 rings (SSSR count). The first kappa shape index (κ1) is 13.6. The first-order valence-electron chi connectivity index (χ1n) is 6.48. The van der Waals surface area contributed by atoms with Crippen LogP contribution in [-0.2, 0) is 5.41 Å². The van der Waals surface area contributed by atoms with E-state index in [4.69, 9.17) is 10.7 Å². The molecule has 0 aromatic carbocycles. The molecule has 0 amide bonds. The van der Waals surface area contributed by atoms with Gasteiger partial charge in [-0.15, -0.1) is 0 Å². The second-order valence-electron chi connectivity index (χ2n) is 5.87. The molecule has 0 unspecified atom stereocenters. The van der Waals surface area contributed by atoms with Crippen molar-refractivity contribution in [1.29, 1.82) is 0 Å². The van der Waals surface area contributed by atoms with Crippen LogP contribution < -0.4 is 10.6 Å². The molecule has 5 heteroatoms. The average Bonchev–Trinajstić information content (AvgIpc) is 2.32. The number of nitrogen functional groups attached to an aromatic ring is 1. The van der Waals surface area contributed by atoms with Crippen molar-refractivity contribution < 1.29 is 0 Å². The number of nitrogens with zero attached hydrogens (tertiary/aromatic N) is 3. The van der Waals surface area contributed by atoms with Gasteiger partial charge in [-0.25, -0.2) is 4.98 Å². The maximum atomic E-state index is 6.00. The van der Waals surface area contributed by atoms with E-state index in [9.17, 15) is 0 Å². The zero-order chi connectivity index (χ0) is 13.3. The van der Waals surface area contributed by atoms with E-state index in [0.29, 0.717) is 5.82 Å². The highest BCUT2D eigenvalue weighted by Crippen LogP contribution is 2.33. The first-order valence-corrected chi connectivity index (χ1v) is 7.27. The zero-order valence-electron chi connectivity index (χ0n) is 11.3. The number of nitrogens with two attached hydrogens (primary N) is 1. The number of anilines is 2. The molecule has 1 aliphatic rings. The molecule has 2 N–H and O–H groups in total. The second kappa shape index (κ2) is 5.03. The van der Waals surface area contributed by atoms with Crippen LogP contribution >= 0.6 is 15.9 Å². The number of rotatable bonds is 1. The molecule has 0 aliphatic carbocycles. The second-order valence-corrected chi connectivity index (χ2v) is 6.66. The molecule has 1 saturated heterocycles. The van der Waals surface area contributed by atoms with Gasteiger partial charge in [0.15, 0.2) is 0 Å². The number of halogens is 1. The highest BCUT2D eigenvalue weighted by atomic mass is 79.9. The summed E-state index contributed by atoms with van der Waals surface area (Å²) in [6.45, 7) is 8.48. The van der Waals surface area contributed by atoms with Gasteiger partial charge < -0.3 is 10.6 Å². The number of aromatic nitrogens is 2. The van der Waals surface area contributed by atoms with E-state index in [-0.39, 0.29) is 5.41 Å². The van der Waals surface area contributed by atoms with Crippen LogP contribution in [0.15, 0.2) is 4.47 Å². The maximum absolute atomic E-state index is 6.00. The minimum atomic E-state index is -0.0412. The Morgan fingerprint density at radius 3 is 2.28 bits per heavy atom. The van der Waals surface area contributed by atoms with E-state index in [0.717, 1.165) is 29.2 Å². The lowest BCUT2D eigenvalue weighted by atomic mass is 9.92. The Morgan fingerprint density at radius 1 is 1.11 bits per heavy atom. The molecule has 1 aromatic rings. The van der Waals surface area contributed by atoms with Gasteiger partial charge in [0.1, 0.15) is 5.82 Å². The molecule has 2 heterocycles. The van der Waals surface area contributed by atoms with Crippen LogP contribution in [0.2, 0.25) is 0 Å². The lowest BCUT2D eigenvalue weighted by Crippen LogP contribution is -2.32. The summed E-state index contributed by atoms with van der Waals surface area (Å²) in [6.07, 6.45) is 3.73. The standard InChI is InChI=1S/C13H21BrN4/c1-13(2,3)10-9(14)11(15)17-12(16-10)18-7-5-4-6-8-18/h4-8H2,1-3H3,(H2,15,16,17). The molecule has 1 aliphatic heterocycles. The molecule has 4 nitrogen and oxygen atoms in total. The smallest absolute Gasteiger partial charge is 0.227 e. The molecule has 18 heavy (non-hydrogen) atoms. The van der Waals surface area contributed by atoms with Crippen LogP contribution in [0.1, 0.15) is 45.7 Å². The van der Waals surface area contributed by atoms with Crippen LogP contribution in [0.25, 0.3) is 0 Å². The van der Waals surface area contributed by atoms with Crippen LogP contribution in [0.5, 0.6) is 0 Å². The lowest BCUT2D eigenvalue weighted by molar-refractivity contribution is 0.546. The normalized spacial score (nSPS) is 17.0. The van der Waals surface area contributed by atoms with Gasteiger partial charge in [0.25, 0.3) is 0 Å². The van der Waals surface area contributed by atoms with E-state index in [2.05, 4.69) is 46.6 Å². The topological polar surface area (TPSA) is 55.0 Å². The molecule has 0 bridgehead atoms. The van der Waals surface area contributed by atoms with E-state index < -0.39 is 0 Å². The largest absolute Gasteiger partial charge is 0.383 e. The molecular weight excluding hydrogens is 292 g/mol. The summed E-state index contributed by atoms with van der Waals surface area (Å²) in [7, 11) is 0. The quantitative estimate of drug-likeness (QED) is 0.865. The van der Waals surface area contributed by atoms with Crippen molar-refractivity contribution in [1.82, 2.24) is 9.97 Å². The summed E-state index contributed by atoms with van der Waals surface area (Å²) in [4.78, 5) is 11.4. The van der Waals surface area contributed by atoms with Crippen LogP contribution in [0, 0.1) is 0 Å². The Hall–Kier alpha value is -0.840. The molecule has 0 saturated carbocycles. The van der Waals surface area contributed by atoms with Crippen LogP contribution in [-0.4, -0.2) is 23.1 Å². The molecule has 0 atom stereocenters. The third-order valence-corrected chi connectivity index (χ3v) is 4.00. The van der Waals surface area contributed by atoms with E-state index >= 15 is 0 Å². The van der Waals surface area contributed by atoms with Crippen LogP contribution in [0.4, 0.5) is 11.8 Å². The van der Waals surface area contributed by atoms with Crippen LogP contribution in [0.3, 0.4) is 0 Å². The van der Waals surface area contributed by atoms with E-state index in [1.807, 2.05) is 0 Å². The minimum absolute atomic E-state index is 0.0412. The highest BCUT2D eigenvalue weighted by molar-refractivity contribution is 9.10. The fourth-order valence-corrected chi connectivity index (χ4v) is 2.96. The van der Waals surface area contributed by atoms with Crippen molar-refractivity contribution in [2.45, 2.75) is 45.4 Å². The van der Waals surface area contributed by atoms with Gasteiger partial charge in [0, 0.05) is 18.5 Å². The van der Waals surface area contributed by atoms with Gasteiger partial charge in [0.05, 0.1) is 10.2 Å². The van der Waals surface area contributed by atoms with Gasteiger partial charge in [-0.05, 0) is 35.2 Å². The minimum Gasteiger partial charge on any atom is -0.383 e. The Kier molecular flexibility index (Phi) is 3.80. The maximum Gasteiger partial charge on any atom is 0.227 e. The number of hydrogen-bond acceptors (Lipinski definition) is 4. The molecule has 0 radical (unpaired) electrons. The monoisotopic (exact) mass is 312 g/mol. The Morgan fingerprint density at radius 2 is 1.72 bits per heavy atom. The lowest BCUT2D eigenvalue weighted by Gasteiger charge is -2.29. The molecular formula is C13H21BrN4. The molecule has 100 valence electrons. The summed E-state index contributed by atoms with van der Waals surface area (Å²) in [5.74, 6) is 1.32. The number of piperidine rings is 1. The van der Waals surface area contributed by atoms with Crippen molar-refractivity contribution >= 4 is 27.7 Å². The van der Waals surface area contributed by atoms with Gasteiger partial charge in [-0.2, -0.15) is 4.98 Å². The van der Waals surface area contributed by atoms with Gasteiger partial charge in [0.2, 0.25) is 5.95 Å². The summed E-state index contributed by atoms with van der Waals surface area (Å²) in [6, 6.07) is 0.